The van der Waals surface area contributed by atoms with Crippen LogP contribution in [0.1, 0.15) is 68.4 Å². The van der Waals surface area contributed by atoms with E-state index in [1.54, 1.807) is 42.6 Å². The fourth-order valence-corrected chi connectivity index (χ4v) is 13.9. The molecular formula is C49H48F6N2O7Si. The number of aliphatic hydroxyl groups is 3. The second-order valence-corrected chi connectivity index (χ2v) is 21.6. The predicted molar refractivity (Wildman–Crippen MR) is 234 cm³/mol. The van der Waals surface area contributed by atoms with E-state index in [4.69, 9.17) is 8.84 Å². The van der Waals surface area contributed by atoms with Gasteiger partial charge >= 0.3 is 12.4 Å². The zero-order valence-electron chi connectivity index (χ0n) is 35.7. The smallest absolute Gasteiger partial charge is 0.416 e. The van der Waals surface area contributed by atoms with E-state index >= 15 is 0 Å². The third-order valence-corrected chi connectivity index (χ3v) is 17.3. The van der Waals surface area contributed by atoms with E-state index in [0.717, 1.165) is 10.4 Å². The van der Waals surface area contributed by atoms with Crippen LogP contribution < -0.4 is 15.3 Å². The van der Waals surface area contributed by atoms with Crippen molar-refractivity contribution < 1.29 is 60.1 Å². The third kappa shape index (κ3) is 9.54. The van der Waals surface area contributed by atoms with Crippen molar-refractivity contribution in [3.8, 4) is 0 Å². The Bertz CT molecular complexity index is 2480. The molecule has 2 aromatic heterocycles. The highest BCUT2D eigenvalue weighted by molar-refractivity contribution is 6.99. The molecule has 3 N–H and O–H groups in total. The van der Waals surface area contributed by atoms with Crippen molar-refractivity contribution in [3.05, 3.63) is 155 Å². The molecule has 3 heterocycles. The number of nitrogens with zero attached hydrogens (tertiary/aromatic N) is 2. The summed E-state index contributed by atoms with van der Waals surface area (Å²) in [4.78, 5) is 33.7. The molecule has 65 heavy (non-hydrogen) atoms. The van der Waals surface area contributed by atoms with Gasteiger partial charge in [-0.2, -0.15) is 26.3 Å². The minimum atomic E-state index is -5.26. The number of hydrogen-bond donors (Lipinski definition) is 3. The first-order valence-corrected chi connectivity index (χ1v) is 22.9. The Labute approximate surface area is 372 Å². The van der Waals surface area contributed by atoms with E-state index in [0.29, 0.717) is 45.4 Å². The minimum Gasteiger partial charge on any atom is -0.459 e. The summed E-state index contributed by atoms with van der Waals surface area (Å²) in [5.41, 5.74) is -2.60. The third-order valence-electron chi connectivity index (χ3n) is 12.3. The maximum atomic E-state index is 14.5. The molecule has 9 nitrogen and oxygen atoms in total. The van der Waals surface area contributed by atoms with Gasteiger partial charge in [-0.15, -0.1) is 0 Å². The molecule has 342 valence electrons. The van der Waals surface area contributed by atoms with Gasteiger partial charge in [0, 0.05) is 12.1 Å². The number of anilines is 1. The maximum Gasteiger partial charge on any atom is 0.416 e. The van der Waals surface area contributed by atoms with Crippen molar-refractivity contribution in [2.24, 2.45) is 17.8 Å². The van der Waals surface area contributed by atoms with Crippen molar-refractivity contribution in [2.45, 2.75) is 70.1 Å². The Morgan fingerprint density at radius 3 is 1.95 bits per heavy atom. The number of fused-ring (bicyclic) bond motifs is 1. The maximum absolute atomic E-state index is 14.5. The first-order chi connectivity index (χ1) is 30.8. The molecule has 3 aromatic carbocycles. The number of aromatic nitrogens is 1. The van der Waals surface area contributed by atoms with E-state index in [1.165, 1.54) is 0 Å². The van der Waals surface area contributed by atoms with Crippen LogP contribution in [0.5, 0.6) is 0 Å². The van der Waals surface area contributed by atoms with Crippen LogP contribution in [0.3, 0.4) is 0 Å². The number of aliphatic hydroxyl groups excluding tert-OH is 3. The van der Waals surface area contributed by atoms with Gasteiger partial charge in [0.15, 0.2) is 0 Å². The van der Waals surface area contributed by atoms with E-state index < -0.39 is 84.8 Å². The van der Waals surface area contributed by atoms with Crippen LogP contribution in [-0.2, 0) is 33.0 Å². The number of carbonyl (C=O) groups is 2. The number of pyridine rings is 1. The molecule has 16 heteroatoms. The molecule has 0 spiro atoms. The number of amides is 2. The number of furan rings is 1. The molecule has 2 aliphatic rings. The molecule has 2 amide bonds. The summed E-state index contributed by atoms with van der Waals surface area (Å²) in [6, 6.07) is 28.3. The van der Waals surface area contributed by atoms with Gasteiger partial charge in [-0.3, -0.25) is 14.6 Å². The molecule has 0 bridgehead atoms. The van der Waals surface area contributed by atoms with Crippen LogP contribution in [0.2, 0.25) is 5.04 Å². The average Bonchev–Trinajstić information content (AvgIpc) is 3.84. The van der Waals surface area contributed by atoms with E-state index in [2.05, 4.69) is 4.98 Å². The number of imide groups is 1. The summed E-state index contributed by atoms with van der Waals surface area (Å²) < 4.78 is 97.3. The Morgan fingerprint density at radius 2 is 1.45 bits per heavy atom. The van der Waals surface area contributed by atoms with Gasteiger partial charge in [0.2, 0.25) is 11.8 Å². The predicted octanol–water partition coefficient (Wildman–Crippen LogP) is 8.58. The van der Waals surface area contributed by atoms with Gasteiger partial charge in [-0.05, 0) is 99.9 Å². The topological polar surface area (TPSA) is 133 Å². The van der Waals surface area contributed by atoms with E-state index in [-0.39, 0.29) is 44.1 Å². The van der Waals surface area contributed by atoms with Crippen molar-refractivity contribution in [1.82, 2.24) is 4.98 Å². The lowest BCUT2D eigenvalue weighted by Crippen LogP contribution is -2.66. The summed E-state index contributed by atoms with van der Waals surface area (Å²) in [7, 11) is -3.33. The molecule has 0 radical (unpaired) electrons. The van der Waals surface area contributed by atoms with Gasteiger partial charge < -0.3 is 24.2 Å². The molecule has 7 rings (SSSR count). The van der Waals surface area contributed by atoms with Crippen LogP contribution in [0, 0.1) is 17.8 Å². The lowest BCUT2D eigenvalue weighted by atomic mass is 9.68. The summed E-state index contributed by atoms with van der Waals surface area (Å²) in [5, 5.41) is 34.5. The molecule has 1 aliphatic carbocycles. The first kappa shape index (κ1) is 47.3. The Hall–Kier alpha value is -5.65. The van der Waals surface area contributed by atoms with E-state index in [9.17, 15) is 51.3 Å². The monoisotopic (exact) mass is 918 g/mol. The molecule has 0 saturated carbocycles. The van der Waals surface area contributed by atoms with Gasteiger partial charge in [0.05, 0.1) is 53.7 Å². The summed E-state index contributed by atoms with van der Waals surface area (Å²) in [6.07, 6.45) is -8.77. The Kier molecular flexibility index (Phi) is 13.6. The summed E-state index contributed by atoms with van der Waals surface area (Å²) in [5.74, 6) is -5.51. The second kappa shape index (κ2) is 18.7. The summed E-state index contributed by atoms with van der Waals surface area (Å²) >= 11 is 0. The molecule has 1 fully saturated rings. The van der Waals surface area contributed by atoms with Crippen LogP contribution in [0.4, 0.5) is 32.0 Å². The standard InChI is InChI=1S/C49H48F6N2O7Si/c1-47(2,3)65(37-12-6-4-7-13-37,38-14-8-5-9-15-38)63-29-31-23-39-44(46(62)57(45(39)61)34-25-32(48(50,51)52)24-33(26-34)49(53,54)55)40(28-59)43(31)42(60)20-17-30(41-16-10-11-21-56-41)22-35-18-19-36(27-58)64-35/h4-16,18-19,21-22,24-26,39-40,42,44,58-60H,17,20,23,27-29H2,1-3H3/b30-22-/t39-,40+,42-,44-/m1/s1. The SMILES string of the molecule is CC(C)(C)[Si](OCC1=C([C@H](O)CC/C(=C/c2ccc(CO)o2)c2ccccn2)[C@H](CO)[C@@H]2C(=O)N(c3cc(C(F)(F)F)cc(C(F)(F)F)c3)C(=O)[C@@H]2C1)(c1ccccc1)c1ccccc1. The number of halogens is 6. The number of rotatable bonds is 14. The van der Waals surface area contributed by atoms with Crippen LogP contribution in [0.25, 0.3) is 11.6 Å². The van der Waals surface area contributed by atoms with Crippen LogP contribution in [-0.4, -0.2) is 59.8 Å². The number of carbonyl (C=O) groups excluding carboxylic acids is 2. The van der Waals surface area contributed by atoms with Gasteiger partial charge in [-0.25, -0.2) is 4.90 Å². The minimum absolute atomic E-state index is 0.0314. The van der Waals surface area contributed by atoms with Crippen LogP contribution >= 0.6 is 0 Å². The van der Waals surface area contributed by atoms with Crippen molar-refractivity contribution >= 4 is 47.8 Å². The number of alkyl halides is 6. The average molecular weight is 919 g/mol. The zero-order chi connectivity index (χ0) is 46.9. The van der Waals surface area contributed by atoms with Gasteiger partial charge in [0.25, 0.3) is 8.32 Å². The van der Waals surface area contributed by atoms with Gasteiger partial charge in [0.1, 0.15) is 18.1 Å². The lowest BCUT2D eigenvalue weighted by molar-refractivity contribution is -0.143. The molecule has 1 aliphatic heterocycles. The quantitative estimate of drug-likeness (QED) is 0.0437. The lowest BCUT2D eigenvalue weighted by Gasteiger charge is -2.44. The number of benzene rings is 3. The normalized spacial score (nSPS) is 19.2. The number of allylic oxidation sites excluding steroid dienone is 1. The molecular weight excluding hydrogens is 871 g/mol. The van der Waals surface area contributed by atoms with Gasteiger partial charge in [-0.1, -0.05) is 87.5 Å². The molecule has 4 atom stereocenters. The highest BCUT2D eigenvalue weighted by Crippen LogP contribution is 2.49. The first-order valence-electron chi connectivity index (χ1n) is 21.0. The highest BCUT2D eigenvalue weighted by atomic mass is 28.4. The van der Waals surface area contributed by atoms with Crippen molar-refractivity contribution in [3.63, 3.8) is 0 Å². The second-order valence-electron chi connectivity index (χ2n) is 17.3. The fraction of sp³-hybridized carbons (Fsp3) is 0.327. The molecule has 5 aromatic rings. The number of hydrogen-bond acceptors (Lipinski definition) is 8. The zero-order valence-corrected chi connectivity index (χ0v) is 36.7. The molecule has 1 saturated heterocycles. The van der Waals surface area contributed by atoms with E-state index in [1.807, 2.05) is 81.4 Å². The Morgan fingerprint density at radius 1 is 0.846 bits per heavy atom. The largest absolute Gasteiger partial charge is 0.459 e. The summed E-state index contributed by atoms with van der Waals surface area (Å²) in [6.45, 7) is 4.80. The fourth-order valence-electron chi connectivity index (χ4n) is 9.37. The molecule has 0 unspecified atom stereocenters. The van der Waals surface area contributed by atoms with Crippen LogP contribution in [0.15, 0.2) is 131 Å². The van der Waals surface area contributed by atoms with Crippen molar-refractivity contribution in [2.75, 3.05) is 18.1 Å². The Balaban J connectivity index is 1.34. The van der Waals surface area contributed by atoms with Crippen molar-refractivity contribution in [1.29, 1.82) is 0 Å². The highest BCUT2D eigenvalue weighted by Gasteiger charge is 2.57.